The molecule has 8 heteroatoms. The molecule has 0 saturated carbocycles. The van der Waals surface area contributed by atoms with Crippen LogP contribution in [0.5, 0.6) is 0 Å². The lowest BCUT2D eigenvalue weighted by Gasteiger charge is -2.06. The molecule has 0 amide bonds. The molecule has 0 aromatic carbocycles. The normalized spacial score (nSPS) is 11.4. The molecule has 0 unspecified atom stereocenters. The van der Waals surface area contributed by atoms with Crippen LogP contribution in [0.25, 0.3) is 0 Å². The van der Waals surface area contributed by atoms with Crippen molar-refractivity contribution >= 4 is 15.8 Å². The van der Waals surface area contributed by atoms with Crippen LogP contribution in [0.3, 0.4) is 0 Å². The molecule has 0 bridgehead atoms. The van der Waals surface area contributed by atoms with Crippen molar-refractivity contribution in [2.45, 2.75) is 13.3 Å². The van der Waals surface area contributed by atoms with Gasteiger partial charge in [0.2, 0.25) is 10.0 Å². The number of aromatic amines is 1. The summed E-state index contributed by atoms with van der Waals surface area (Å²) in [5, 5.41) is 2.80. The van der Waals surface area contributed by atoms with E-state index in [1.165, 1.54) is 13.1 Å². The van der Waals surface area contributed by atoms with Crippen LogP contribution in [0.4, 0.5) is 5.82 Å². The molecule has 3 N–H and O–H groups in total. The Kier molecular flexibility index (Phi) is 4.64. The SMILES string of the molecule is CCc1nc(NCCS(=O)(=O)NC)cc(=O)[nH]1. The van der Waals surface area contributed by atoms with Crippen LogP contribution >= 0.6 is 0 Å². The van der Waals surface area contributed by atoms with Gasteiger partial charge in [0.15, 0.2) is 0 Å². The number of hydrogen-bond acceptors (Lipinski definition) is 5. The Morgan fingerprint density at radius 3 is 2.76 bits per heavy atom. The lowest BCUT2D eigenvalue weighted by molar-refractivity contribution is 0.588. The van der Waals surface area contributed by atoms with Gasteiger partial charge in [-0.2, -0.15) is 0 Å². The fourth-order valence-corrected chi connectivity index (χ4v) is 1.76. The van der Waals surface area contributed by atoms with Gasteiger partial charge in [-0.25, -0.2) is 18.1 Å². The van der Waals surface area contributed by atoms with E-state index >= 15 is 0 Å². The number of sulfonamides is 1. The topological polar surface area (TPSA) is 104 Å². The van der Waals surface area contributed by atoms with Crippen LogP contribution in [0.2, 0.25) is 0 Å². The summed E-state index contributed by atoms with van der Waals surface area (Å²) in [6, 6.07) is 1.30. The first-order valence-electron chi connectivity index (χ1n) is 5.22. The second-order valence-electron chi connectivity index (χ2n) is 3.38. The Bertz CT molecular complexity index is 523. The standard InChI is InChI=1S/C9H16N4O3S/c1-3-7-12-8(6-9(14)13-7)11-4-5-17(15,16)10-2/h6,10H,3-5H2,1-2H3,(H2,11,12,13,14). The summed E-state index contributed by atoms with van der Waals surface area (Å²) in [6.07, 6.45) is 0.611. The Labute approximate surface area is 99.7 Å². The first kappa shape index (κ1) is 13.7. The number of nitrogens with one attached hydrogen (secondary N) is 3. The smallest absolute Gasteiger partial charge is 0.252 e. The maximum absolute atomic E-state index is 11.2. The van der Waals surface area contributed by atoms with Crippen molar-refractivity contribution in [3.8, 4) is 0 Å². The number of anilines is 1. The first-order chi connectivity index (χ1) is 7.96. The molecular formula is C9H16N4O3S. The maximum atomic E-state index is 11.2. The van der Waals surface area contributed by atoms with E-state index in [-0.39, 0.29) is 17.9 Å². The Morgan fingerprint density at radius 2 is 2.18 bits per heavy atom. The van der Waals surface area contributed by atoms with Gasteiger partial charge in [-0.1, -0.05) is 6.92 Å². The van der Waals surface area contributed by atoms with Gasteiger partial charge >= 0.3 is 0 Å². The van der Waals surface area contributed by atoms with Gasteiger partial charge in [0.05, 0.1) is 5.75 Å². The highest BCUT2D eigenvalue weighted by molar-refractivity contribution is 7.89. The lowest BCUT2D eigenvalue weighted by Crippen LogP contribution is -2.26. The Balaban J connectivity index is 2.64. The molecule has 0 spiro atoms. The number of H-pyrrole nitrogens is 1. The summed E-state index contributed by atoms with van der Waals surface area (Å²) in [6.45, 7) is 2.07. The van der Waals surface area contributed by atoms with E-state index in [2.05, 4.69) is 20.0 Å². The Morgan fingerprint density at radius 1 is 1.47 bits per heavy atom. The molecule has 0 radical (unpaired) electrons. The highest BCUT2D eigenvalue weighted by Gasteiger charge is 2.06. The van der Waals surface area contributed by atoms with Crippen molar-refractivity contribution in [2.24, 2.45) is 0 Å². The molecular weight excluding hydrogens is 244 g/mol. The zero-order valence-electron chi connectivity index (χ0n) is 9.78. The third kappa shape index (κ3) is 4.53. The quantitative estimate of drug-likeness (QED) is 0.627. The summed E-state index contributed by atoms with van der Waals surface area (Å²) in [7, 11) is -1.88. The summed E-state index contributed by atoms with van der Waals surface area (Å²) in [5.74, 6) is 0.882. The van der Waals surface area contributed by atoms with Crippen LogP contribution < -0.4 is 15.6 Å². The number of aromatic nitrogens is 2. The van der Waals surface area contributed by atoms with Crippen molar-refractivity contribution in [3.63, 3.8) is 0 Å². The highest BCUT2D eigenvalue weighted by atomic mass is 32.2. The van der Waals surface area contributed by atoms with Gasteiger partial charge in [-0.15, -0.1) is 0 Å². The summed E-state index contributed by atoms with van der Waals surface area (Å²) in [5.41, 5.74) is -0.254. The van der Waals surface area contributed by atoms with Gasteiger partial charge in [0.1, 0.15) is 11.6 Å². The zero-order valence-corrected chi connectivity index (χ0v) is 10.6. The third-order valence-corrected chi connectivity index (χ3v) is 3.48. The molecule has 0 aliphatic rings. The van der Waals surface area contributed by atoms with Gasteiger partial charge in [-0.3, -0.25) is 4.79 Å². The average Bonchev–Trinajstić information content (AvgIpc) is 2.28. The van der Waals surface area contributed by atoms with Crippen molar-refractivity contribution in [3.05, 3.63) is 22.2 Å². The maximum Gasteiger partial charge on any atom is 0.252 e. The van der Waals surface area contributed by atoms with Crippen molar-refractivity contribution < 1.29 is 8.42 Å². The minimum Gasteiger partial charge on any atom is -0.369 e. The van der Waals surface area contributed by atoms with Crippen LogP contribution in [0.1, 0.15) is 12.7 Å². The van der Waals surface area contributed by atoms with Crippen molar-refractivity contribution in [1.82, 2.24) is 14.7 Å². The minimum absolute atomic E-state index is 0.0700. The molecule has 0 fully saturated rings. The zero-order chi connectivity index (χ0) is 12.9. The van der Waals surface area contributed by atoms with Crippen LogP contribution in [0, 0.1) is 0 Å². The van der Waals surface area contributed by atoms with E-state index in [0.29, 0.717) is 18.1 Å². The van der Waals surface area contributed by atoms with Crippen molar-refractivity contribution in [1.29, 1.82) is 0 Å². The van der Waals surface area contributed by atoms with Gasteiger partial charge in [-0.05, 0) is 7.05 Å². The molecule has 1 heterocycles. The van der Waals surface area contributed by atoms with E-state index in [9.17, 15) is 13.2 Å². The molecule has 7 nitrogen and oxygen atoms in total. The molecule has 0 saturated heterocycles. The van der Waals surface area contributed by atoms with E-state index in [1.54, 1.807) is 0 Å². The summed E-state index contributed by atoms with van der Waals surface area (Å²) < 4.78 is 24.5. The Hall–Kier alpha value is -1.41. The number of hydrogen-bond donors (Lipinski definition) is 3. The van der Waals surface area contributed by atoms with Gasteiger partial charge in [0.25, 0.3) is 5.56 Å². The van der Waals surface area contributed by atoms with E-state index in [1.807, 2.05) is 6.92 Å². The van der Waals surface area contributed by atoms with E-state index in [4.69, 9.17) is 0 Å². The number of rotatable bonds is 6. The second kappa shape index (κ2) is 5.78. The number of aryl methyl sites for hydroxylation is 1. The largest absolute Gasteiger partial charge is 0.369 e. The molecule has 1 aromatic rings. The van der Waals surface area contributed by atoms with E-state index in [0.717, 1.165) is 0 Å². The number of nitrogens with zero attached hydrogens (tertiary/aromatic N) is 1. The van der Waals surface area contributed by atoms with Crippen LogP contribution in [0.15, 0.2) is 10.9 Å². The monoisotopic (exact) mass is 260 g/mol. The summed E-state index contributed by atoms with van der Waals surface area (Å²) in [4.78, 5) is 17.9. The molecule has 0 aliphatic heterocycles. The average molecular weight is 260 g/mol. The molecule has 1 aromatic heterocycles. The van der Waals surface area contributed by atoms with E-state index < -0.39 is 10.0 Å². The minimum atomic E-state index is -3.24. The molecule has 1 rings (SSSR count). The first-order valence-corrected chi connectivity index (χ1v) is 6.87. The fourth-order valence-electron chi connectivity index (χ4n) is 1.18. The van der Waals surface area contributed by atoms with Gasteiger partial charge in [0, 0.05) is 19.0 Å². The fraction of sp³-hybridized carbons (Fsp3) is 0.556. The van der Waals surface area contributed by atoms with Crippen LogP contribution in [-0.2, 0) is 16.4 Å². The summed E-state index contributed by atoms with van der Waals surface area (Å²) >= 11 is 0. The predicted molar refractivity (Wildman–Crippen MR) is 65.6 cm³/mol. The lowest BCUT2D eigenvalue weighted by atomic mass is 10.4. The molecule has 96 valence electrons. The molecule has 0 atom stereocenters. The third-order valence-electron chi connectivity index (χ3n) is 2.11. The van der Waals surface area contributed by atoms with Crippen molar-refractivity contribution in [2.75, 3.05) is 24.7 Å². The highest BCUT2D eigenvalue weighted by Crippen LogP contribution is 1.98. The molecule has 17 heavy (non-hydrogen) atoms. The molecule has 0 aliphatic carbocycles. The van der Waals surface area contributed by atoms with Gasteiger partial charge < -0.3 is 10.3 Å². The second-order valence-corrected chi connectivity index (χ2v) is 5.43. The van der Waals surface area contributed by atoms with Crippen LogP contribution in [-0.4, -0.2) is 37.7 Å². The predicted octanol–water partition coefficient (Wildman–Crippen LogP) is -0.707.